The van der Waals surface area contributed by atoms with E-state index >= 15 is 0 Å². The van der Waals surface area contributed by atoms with E-state index in [4.69, 9.17) is 10.5 Å². The molecule has 0 spiro atoms. The molecule has 2 N–H and O–H groups in total. The molecular weight excluding hydrogens is 269 g/mol. The summed E-state index contributed by atoms with van der Waals surface area (Å²) in [5, 5.41) is 0. The lowest BCUT2D eigenvalue weighted by molar-refractivity contribution is -0.137. The number of benzene rings is 1. The zero-order chi connectivity index (χ0) is 14.6. The second-order valence-electron chi connectivity index (χ2n) is 5.04. The van der Waals surface area contributed by atoms with Gasteiger partial charge in [-0.05, 0) is 38.1 Å². The number of hydrogen-bond acceptors (Lipinski definition) is 3. The Morgan fingerprint density at radius 2 is 1.80 bits per heavy atom. The number of halogens is 3. The van der Waals surface area contributed by atoms with E-state index in [9.17, 15) is 13.2 Å². The molecule has 1 saturated heterocycles. The average molecular weight is 288 g/mol. The summed E-state index contributed by atoms with van der Waals surface area (Å²) in [6, 6.07) is 3.33. The van der Waals surface area contributed by atoms with Crippen molar-refractivity contribution >= 4 is 5.69 Å². The zero-order valence-corrected chi connectivity index (χ0v) is 11.2. The molecule has 0 aromatic heterocycles. The summed E-state index contributed by atoms with van der Waals surface area (Å²) in [5.41, 5.74) is 4.77. The molecule has 0 unspecified atom stereocenters. The highest BCUT2D eigenvalue weighted by molar-refractivity contribution is 5.48. The van der Waals surface area contributed by atoms with Crippen LogP contribution in [0.4, 0.5) is 18.9 Å². The number of piperidine rings is 1. The smallest absolute Gasteiger partial charge is 0.416 e. The van der Waals surface area contributed by atoms with E-state index in [1.807, 2.05) is 0 Å². The van der Waals surface area contributed by atoms with Crippen LogP contribution in [0.3, 0.4) is 0 Å². The molecule has 0 saturated carbocycles. The number of hydrogen-bond donors (Lipinski definition) is 1. The van der Waals surface area contributed by atoms with Crippen LogP contribution < -0.4 is 10.5 Å². The van der Waals surface area contributed by atoms with E-state index in [1.54, 1.807) is 0 Å². The Balaban J connectivity index is 1.90. The maximum absolute atomic E-state index is 12.6. The van der Waals surface area contributed by atoms with Gasteiger partial charge in [0.2, 0.25) is 0 Å². The highest BCUT2D eigenvalue weighted by atomic mass is 19.4. The Kier molecular flexibility index (Phi) is 4.75. The first-order chi connectivity index (χ1) is 9.45. The van der Waals surface area contributed by atoms with Crippen LogP contribution in [0.15, 0.2) is 18.2 Å². The van der Waals surface area contributed by atoms with E-state index in [0.717, 1.165) is 31.8 Å². The van der Waals surface area contributed by atoms with Crippen LogP contribution in [-0.4, -0.2) is 31.1 Å². The predicted molar refractivity (Wildman–Crippen MR) is 71.6 cm³/mol. The normalized spacial score (nSPS) is 17.1. The summed E-state index contributed by atoms with van der Waals surface area (Å²) in [6.07, 6.45) is -0.797. The van der Waals surface area contributed by atoms with Gasteiger partial charge in [-0.25, -0.2) is 0 Å². The van der Waals surface area contributed by atoms with Gasteiger partial charge < -0.3 is 10.5 Å². The van der Waals surface area contributed by atoms with Gasteiger partial charge in [0, 0.05) is 18.3 Å². The fourth-order valence-electron chi connectivity index (χ4n) is 2.34. The SMILES string of the molecule is Nc1cc(OCCN2CCCCC2)cc(C(F)(F)F)c1. The van der Waals surface area contributed by atoms with Gasteiger partial charge in [0.25, 0.3) is 0 Å². The third-order valence-corrected chi connectivity index (χ3v) is 3.38. The highest BCUT2D eigenvalue weighted by Gasteiger charge is 2.31. The molecule has 0 bridgehead atoms. The van der Waals surface area contributed by atoms with Crippen LogP contribution in [0.1, 0.15) is 24.8 Å². The molecule has 2 rings (SSSR count). The first-order valence-electron chi connectivity index (χ1n) is 6.78. The van der Waals surface area contributed by atoms with Crippen molar-refractivity contribution in [1.82, 2.24) is 4.90 Å². The lowest BCUT2D eigenvalue weighted by atomic mass is 10.1. The van der Waals surface area contributed by atoms with Crippen molar-refractivity contribution in [2.24, 2.45) is 0 Å². The molecular formula is C14H19F3N2O. The minimum Gasteiger partial charge on any atom is -0.492 e. The standard InChI is InChI=1S/C14H19F3N2O/c15-14(16,17)11-8-12(18)10-13(9-11)20-7-6-19-4-2-1-3-5-19/h8-10H,1-7,18H2. The zero-order valence-electron chi connectivity index (χ0n) is 11.2. The Morgan fingerprint density at radius 1 is 1.10 bits per heavy atom. The van der Waals surface area contributed by atoms with Crippen molar-refractivity contribution in [2.75, 3.05) is 32.0 Å². The first kappa shape index (κ1) is 15.0. The van der Waals surface area contributed by atoms with Crippen LogP contribution in [-0.2, 0) is 6.18 Å². The fraction of sp³-hybridized carbons (Fsp3) is 0.571. The molecule has 1 aromatic rings. The molecule has 20 heavy (non-hydrogen) atoms. The summed E-state index contributed by atoms with van der Waals surface area (Å²) < 4.78 is 43.3. The van der Waals surface area contributed by atoms with Gasteiger partial charge in [-0.15, -0.1) is 0 Å². The Bertz CT molecular complexity index is 443. The van der Waals surface area contributed by atoms with Crippen LogP contribution in [0.2, 0.25) is 0 Å². The number of ether oxygens (including phenoxy) is 1. The second-order valence-corrected chi connectivity index (χ2v) is 5.04. The van der Waals surface area contributed by atoms with Crippen molar-refractivity contribution in [2.45, 2.75) is 25.4 Å². The molecule has 0 aliphatic carbocycles. The van der Waals surface area contributed by atoms with E-state index in [0.29, 0.717) is 6.61 Å². The number of nitrogen functional groups attached to an aromatic ring is 1. The molecule has 1 fully saturated rings. The highest BCUT2D eigenvalue weighted by Crippen LogP contribution is 2.33. The van der Waals surface area contributed by atoms with Crippen LogP contribution in [0, 0.1) is 0 Å². The lowest BCUT2D eigenvalue weighted by Crippen LogP contribution is -2.33. The number of anilines is 1. The summed E-state index contributed by atoms with van der Waals surface area (Å²) >= 11 is 0. The maximum atomic E-state index is 12.6. The molecule has 1 aliphatic rings. The molecule has 0 radical (unpaired) electrons. The molecule has 3 nitrogen and oxygen atoms in total. The predicted octanol–water partition coefficient (Wildman–Crippen LogP) is 3.15. The van der Waals surface area contributed by atoms with Gasteiger partial charge >= 0.3 is 6.18 Å². The van der Waals surface area contributed by atoms with Crippen molar-refractivity contribution in [1.29, 1.82) is 0 Å². The van der Waals surface area contributed by atoms with Gasteiger partial charge in [0.1, 0.15) is 12.4 Å². The first-order valence-corrected chi connectivity index (χ1v) is 6.78. The van der Waals surface area contributed by atoms with Crippen LogP contribution in [0.5, 0.6) is 5.75 Å². The molecule has 1 aromatic carbocycles. The molecule has 0 amide bonds. The number of nitrogens with zero attached hydrogens (tertiary/aromatic N) is 1. The van der Waals surface area contributed by atoms with Crippen molar-refractivity contribution in [3.8, 4) is 5.75 Å². The van der Waals surface area contributed by atoms with Gasteiger partial charge in [-0.2, -0.15) is 13.2 Å². The third kappa shape index (κ3) is 4.30. The van der Waals surface area contributed by atoms with Gasteiger partial charge in [0.05, 0.1) is 5.56 Å². The number of likely N-dealkylation sites (tertiary alicyclic amines) is 1. The van der Waals surface area contributed by atoms with Crippen LogP contribution in [0.25, 0.3) is 0 Å². The quantitative estimate of drug-likeness (QED) is 0.865. The largest absolute Gasteiger partial charge is 0.492 e. The van der Waals surface area contributed by atoms with Gasteiger partial charge in [0.15, 0.2) is 0 Å². The van der Waals surface area contributed by atoms with E-state index < -0.39 is 11.7 Å². The van der Waals surface area contributed by atoms with E-state index in [1.165, 1.54) is 25.3 Å². The monoisotopic (exact) mass is 288 g/mol. The minimum absolute atomic E-state index is 0.0628. The van der Waals surface area contributed by atoms with Gasteiger partial charge in [-0.1, -0.05) is 6.42 Å². The lowest BCUT2D eigenvalue weighted by Gasteiger charge is -2.26. The third-order valence-electron chi connectivity index (χ3n) is 3.38. The molecule has 1 aliphatic heterocycles. The van der Waals surface area contributed by atoms with Crippen molar-refractivity contribution in [3.63, 3.8) is 0 Å². The summed E-state index contributed by atoms with van der Waals surface area (Å²) in [5.74, 6) is 0.175. The van der Waals surface area contributed by atoms with E-state index in [-0.39, 0.29) is 11.4 Å². The number of nitrogens with two attached hydrogens (primary N) is 1. The maximum Gasteiger partial charge on any atom is 0.416 e. The topological polar surface area (TPSA) is 38.5 Å². The Hall–Kier alpha value is -1.43. The molecule has 1 heterocycles. The molecule has 0 atom stereocenters. The molecule has 6 heteroatoms. The summed E-state index contributed by atoms with van der Waals surface area (Å²) in [4.78, 5) is 2.26. The average Bonchev–Trinajstić information content (AvgIpc) is 2.38. The Morgan fingerprint density at radius 3 is 2.45 bits per heavy atom. The van der Waals surface area contributed by atoms with Crippen LogP contribution >= 0.6 is 0 Å². The summed E-state index contributed by atoms with van der Waals surface area (Å²) in [6.45, 7) is 3.18. The molecule has 112 valence electrons. The second kappa shape index (κ2) is 6.35. The fourth-order valence-corrected chi connectivity index (χ4v) is 2.34. The van der Waals surface area contributed by atoms with Crippen molar-refractivity contribution in [3.05, 3.63) is 23.8 Å². The number of alkyl halides is 3. The minimum atomic E-state index is -4.40. The van der Waals surface area contributed by atoms with Gasteiger partial charge in [-0.3, -0.25) is 4.90 Å². The summed E-state index contributed by atoms with van der Waals surface area (Å²) in [7, 11) is 0. The van der Waals surface area contributed by atoms with E-state index in [2.05, 4.69) is 4.90 Å². The van der Waals surface area contributed by atoms with Crippen molar-refractivity contribution < 1.29 is 17.9 Å². The Labute approximate surface area is 116 Å². The number of rotatable bonds is 4.